The van der Waals surface area contributed by atoms with Crippen molar-refractivity contribution < 1.29 is 4.74 Å². The summed E-state index contributed by atoms with van der Waals surface area (Å²) in [6.07, 6.45) is 11.1. The Morgan fingerprint density at radius 2 is 1.85 bits per heavy atom. The molecule has 1 aliphatic carbocycles. The van der Waals surface area contributed by atoms with Crippen LogP contribution in [0.15, 0.2) is 36.4 Å². The third-order valence-corrected chi connectivity index (χ3v) is 4.23. The fourth-order valence-electron chi connectivity index (χ4n) is 2.77. The van der Waals surface area contributed by atoms with E-state index < -0.39 is 0 Å². The molecule has 1 heteroatoms. The van der Waals surface area contributed by atoms with E-state index in [2.05, 4.69) is 24.8 Å². The maximum absolute atomic E-state index is 5.13. The number of hydrogen-bond acceptors (Lipinski definition) is 1. The van der Waals surface area contributed by atoms with Crippen molar-refractivity contribution in [1.82, 2.24) is 0 Å². The van der Waals surface area contributed by atoms with E-state index in [1.807, 2.05) is 30.3 Å². The van der Waals surface area contributed by atoms with Gasteiger partial charge in [-0.3, -0.25) is 0 Å². The highest BCUT2D eigenvalue weighted by Crippen LogP contribution is 2.31. The van der Waals surface area contributed by atoms with Gasteiger partial charge in [0.25, 0.3) is 0 Å². The van der Waals surface area contributed by atoms with E-state index in [1.165, 1.54) is 32.1 Å². The summed E-state index contributed by atoms with van der Waals surface area (Å²) in [6, 6.07) is 7.87. The molecule has 20 heavy (non-hydrogen) atoms. The molecular weight excluding hydrogens is 244 g/mol. The largest absolute Gasteiger partial charge is 0.497 e. The molecule has 0 spiro atoms. The van der Waals surface area contributed by atoms with Crippen LogP contribution >= 0.6 is 0 Å². The van der Waals surface area contributed by atoms with E-state index in [-0.39, 0.29) is 0 Å². The Balaban J connectivity index is 1.82. The van der Waals surface area contributed by atoms with Gasteiger partial charge in [-0.1, -0.05) is 31.3 Å². The van der Waals surface area contributed by atoms with Gasteiger partial charge in [0.15, 0.2) is 0 Å². The highest BCUT2D eigenvalue weighted by atomic mass is 16.5. The van der Waals surface area contributed by atoms with Crippen LogP contribution in [0.2, 0.25) is 0 Å². The maximum Gasteiger partial charge on any atom is 0.118 e. The third-order valence-electron chi connectivity index (χ3n) is 4.23. The molecule has 0 atom stereocenters. The Bertz CT molecular complexity index is 479. The fraction of sp³-hybridized carbons (Fsp3) is 0.474. The van der Waals surface area contributed by atoms with Crippen molar-refractivity contribution in [3.8, 4) is 17.6 Å². The van der Waals surface area contributed by atoms with E-state index in [0.717, 1.165) is 23.1 Å². The topological polar surface area (TPSA) is 9.23 Å². The highest BCUT2D eigenvalue weighted by Gasteiger charge is 2.17. The van der Waals surface area contributed by atoms with Crippen molar-refractivity contribution in [3.63, 3.8) is 0 Å². The summed E-state index contributed by atoms with van der Waals surface area (Å²) in [7, 11) is 1.68. The molecule has 0 unspecified atom stereocenters. The zero-order chi connectivity index (χ0) is 14.2. The molecule has 0 N–H and O–H groups in total. The lowest BCUT2D eigenvalue weighted by atomic mass is 9.81. The zero-order valence-electron chi connectivity index (χ0n) is 12.6. The van der Waals surface area contributed by atoms with Crippen LogP contribution < -0.4 is 4.74 Å². The highest BCUT2D eigenvalue weighted by molar-refractivity contribution is 5.40. The van der Waals surface area contributed by atoms with Crippen LogP contribution in [0.3, 0.4) is 0 Å². The first-order valence-electron chi connectivity index (χ1n) is 7.64. The van der Waals surface area contributed by atoms with E-state index in [0.29, 0.717) is 0 Å². The van der Waals surface area contributed by atoms with Crippen LogP contribution in [0.25, 0.3) is 0 Å². The van der Waals surface area contributed by atoms with Crippen molar-refractivity contribution in [3.05, 3.63) is 42.0 Å². The summed E-state index contributed by atoms with van der Waals surface area (Å²) in [5, 5.41) is 0. The summed E-state index contributed by atoms with van der Waals surface area (Å²) in [6.45, 7) is 2.31. The quantitative estimate of drug-likeness (QED) is 0.714. The van der Waals surface area contributed by atoms with E-state index in [1.54, 1.807) is 7.11 Å². The second-order valence-corrected chi connectivity index (χ2v) is 5.55. The minimum Gasteiger partial charge on any atom is -0.497 e. The molecule has 0 aliphatic heterocycles. The molecule has 106 valence electrons. The van der Waals surface area contributed by atoms with E-state index in [9.17, 15) is 0 Å². The molecule has 1 saturated carbocycles. The van der Waals surface area contributed by atoms with Crippen molar-refractivity contribution in [2.45, 2.75) is 39.0 Å². The van der Waals surface area contributed by atoms with Gasteiger partial charge in [-0.2, -0.15) is 0 Å². The first-order chi connectivity index (χ1) is 9.81. The summed E-state index contributed by atoms with van der Waals surface area (Å²) in [5.41, 5.74) is 1.03. The molecule has 1 aromatic carbocycles. The standard InChI is InChI=1S/C19H24O/c1-3-16-8-10-17(11-9-16)6-4-5-7-18-12-14-19(20-2)15-13-18/h4,6,12-17H,3,8-11H2,1-2H3. The Hall–Kier alpha value is -1.68. The molecule has 0 amide bonds. The smallest absolute Gasteiger partial charge is 0.118 e. The van der Waals surface area contributed by atoms with Crippen molar-refractivity contribution in [2.75, 3.05) is 7.11 Å². The molecule has 1 aliphatic rings. The van der Waals surface area contributed by atoms with Gasteiger partial charge in [0.1, 0.15) is 5.75 Å². The molecule has 0 aromatic heterocycles. The number of benzene rings is 1. The molecule has 2 rings (SSSR count). The first kappa shape index (κ1) is 14.7. The third kappa shape index (κ3) is 4.46. The Kier molecular flexibility index (Phi) is 5.74. The van der Waals surface area contributed by atoms with Crippen LogP contribution in [0.1, 0.15) is 44.6 Å². The Labute approximate surface area is 123 Å². The van der Waals surface area contributed by atoms with Crippen molar-refractivity contribution in [2.24, 2.45) is 11.8 Å². The number of hydrogen-bond donors (Lipinski definition) is 0. The molecule has 1 fully saturated rings. The molecule has 1 aromatic rings. The fourth-order valence-corrected chi connectivity index (χ4v) is 2.77. The van der Waals surface area contributed by atoms with Crippen LogP contribution in [0.4, 0.5) is 0 Å². The molecule has 0 radical (unpaired) electrons. The summed E-state index contributed by atoms with van der Waals surface area (Å²) < 4.78 is 5.13. The summed E-state index contributed by atoms with van der Waals surface area (Å²) in [4.78, 5) is 0. The van der Waals surface area contributed by atoms with Crippen molar-refractivity contribution in [1.29, 1.82) is 0 Å². The van der Waals surface area contributed by atoms with Crippen LogP contribution in [-0.2, 0) is 0 Å². The predicted octanol–water partition coefficient (Wildman–Crippen LogP) is 4.82. The second-order valence-electron chi connectivity index (χ2n) is 5.55. The van der Waals surface area contributed by atoms with Gasteiger partial charge in [-0.15, -0.1) is 0 Å². The van der Waals surface area contributed by atoms with Gasteiger partial charge in [-0.25, -0.2) is 0 Å². The van der Waals surface area contributed by atoms with E-state index in [4.69, 9.17) is 4.74 Å². The van der Waals surface area contributed by atoms with Gasteiger partial charge < -0.3 is 4.74 Å². The Morgan fingerprint density at radius 1 is 1.15 bits per heavy atom. The van der Waals surface area contributed by atoms with Gasteiger partial charge in [-0.05, 0) is 67.9 Å². The lowest BCUT2D eigenvalue weighted by Crippen LogP contribution is -2.11. The average molecular weight is 268 g/mol. The molecule has 1 nitrogen and oxygen atoms in total. The lowest BCUT2D eigenvalue weighted by molar-refractivity contribution is 0.304. The van der Waals surface area contributed by atoms with Gasteiger partial charge in [0.2, 0.25) is 0 Å². The van der Waals surface area contributed by atoms with Crippen LogP contribution in [0, 0.1) is 23.7 Å². The molecule has 0 saturated heterocycles. The summed E-state index contributed by atoms with van der Waals surface area (Å²) >= 11 is 0. The molecular formula is C19H24O. The van der Waals surface area contributed by atoms with Gasteiger partial charge in [0.05, 0.1) is 7.11 Å². The first-order valence-corrected chi connectivity index (χ1v) is 7.64. The summed E-state index contributed by atoms with van der Waals surface area (Å²) in [5.74, 6) is 8.88. The minimum atomic E-state index is 0.739. The second kappa shape index (κ2) is 7.80. The predicted molar refractivity (Wildman–Crippen MR) is 84.8 cm³/mol. The number of methoxy groups -OCH3 is 1. The normalized spacial score (nSPS) is 22.3. The number of allylic oxidation sites excluding steroid dienone is 2. The van der Waals surface area contributed by atoms with Gasteiger partial charge >= 0.3 is 0 Å². The molecule has 0 heterocycles. The minimum absolute atomic E-state index is 0.739. The molecule has 0 bridgehead atoms. The SMILES string of the molecule is CCC1CCC(C=CC#Cc2ccc(OC)cc2)CC1. The monoisotopic (exact) mass is 268 g/mol. The Morgan fingerprint density at radius 3 is 2.45 bits per heavy atom. The van der Waals surface area contributed by atoms with Crippen molar-refractivity contribution >= 4 is 0 Å². The number of ether oxygens (including phenoxy) is 1. The van der Waals surface area contributed by atoms with E-state index >= 15 is 0 Å². The zero-order valence-corrected chi connectivity index (χ0v) is 12.6. The van der Waals surface area contributed by atoms with Gasteiger partial charge in [0, 0.05) is 5.56 Å². The average Bonchev–Trinajstić information content (AvgIpc) is 2.53. The maximum atomic E-state index is 5.13. The van der Waals surface area contributed by atoms with Crippen LogP contribution in [-0.4, -0.2) is 7.11 Å². The van der Waals surface area contributed by atoms with Crippen LogP contribution in [0.5, 0.6) is 5.75 Å². The number of rotatable bonds is 3. The lowest BCUT2D eigenvalue weighted by Gasteiger charge is -2.25.